The van der Waals surface area contributed by atoms with Crippen molar-refractivity contribution in [3.8, 4) is 11.5 Å². The Morgan fingerprint density at radius 1 is 1.16 bits per heavy atom. The van der Waals surface area contributed by atoms with E-state index in [1.165, 1.54) is 34.8 Å². The second-order valence-corrected chi connectivity index (χ2v) is 9.36. The number of amides is 1. The van der Waals surface area contributed by atoms with E-state index in [1.807, 2.05) is 13.8 Å². The first-order valence-corrected chi connectivity index (χ1v) is 12.2. The molecule has 0 aliphatic carbocycles. The molecule has 0 spiro atoms. The SMILES string of the molecule is CCOc1ccc(/C=N\NC(=O)[C@H]2CCCN2S(=O)(=O)c2ccc(Cl)cc2)cc1OCC. The number of halogens is 1. The van der Waals surface area contributed by atoms with Gasteiger partial charge in [0.1, 0.15) is 6.04 Å². The molecule has 0 unspecified atom stereocenters. The van der Waals surface area contributed by atoms with E-state index in [1.54, 1.807) is 18.2 Å². The van der Waals surface area contributed by atoms with E-state index < -0.39 is 22.0 Å². The molecule has 1 saturated heterocycles. The molecule has 172 valence electrons. The van der Waals surface area contributed by atoms with Gasteiger partial charge in [0.15, 0.2) is 11.5 Å². The molecule has 10 heteroatoms. The zero-order chi connectivity index (χ0) is 23.1. The predicted octanol–water partition coefficient (Wildman–Crippen LogP) is 3.44. The van der Waals surface area contributed by atoms with E-state index in [4.69, 9.17) is 21.1 Å². The first kappa shape index (κ1) is 24.0. The van der Waals surface area contributed by atoms with Gasteiger partial charge in [-0.25, -0.2) is 13.8 Å². The van der Waals surface area contributed by atoms with Crippen LogP contribution in [0.4, 0.5) is 0 Å². The van der Waals surface area contributed by atoms with Crippen molar-refractivity contribution >= 4 is 33.7 Å². The second kappa shape index (κ2) is 10.8. The maximum Gasteiger partial charge on any atom is 0.258 e. The van der Waals surface area contributed by atoms with Crippen LogP contribution in [0.1, 0.15) is 32.3 Å². The first-order chi connectivity index (χ1) is 15.4. The van der Waals surface area contributed by atoms with Crippen LogP contribution in [0, 0.1) is 0 Å². The second-order valence-electron chi connectivity index (χ2n) is 7.03. The highest BCUT2D eigenvalue weighted by Crippen LogP contribution is 2.28. The van der Waals surface area contributed by atoms with Gasteiger partial charge in [-0.2, -0.15) is 9.41 Å². The molecule has 1 N–H and O–H groups in total. The molecule has 0 aromatic heterocycles. The summed E-state index contributed by atoms with van der Waals surface area (Å²) < 4.78 is 38.3. The van der Waals surface area contributed by atoms with Gasteiger partial charge in [0.05, 0.1) is 24.3 Å². The van der Waals surface area contributed by atoms with Crippen LogP contribution < -0.4 is 14.9 Å². The normalized spacial score (nSPS) is 16.9. The molecule has 1 atom stereocenters. The van der Waals surface area contributed by atoms with Crippen molar-refractivity contribution in [1.82, 2.24) is 9.73 Å². The van der Waals surface area contributed by atoms with Gasteiger partial charge < -0.3 is 9.47 Å². The molecule has 8 nitrogen and oxygen atoms in total. The molecule has 2 aromatic carbocycles. The van der Waals surface area contributed by atoms with Crippen LogP contribution in [0.2, 0.25) is 5.02 Å². The van der Waals surface area contributed by atoms with E-state index >= 15 is 0 Å². The third kappa shape index (κ3) is 5.59. The molecule has 0 bridgehead atoms. The van der Waals surface area contributed by atoms with Gasteiger partial charge in [-0.05, 0) is 74.7 Å². The molecule has 1 amide bonds. The van der Waals surface area contributed by atoms with Crippen molar-refractivity contribution in [1.29, 1.82) is 0 Å². The Kier molecular flexibility index (Phi) is 8.11. The molecule has 0 radical (unpaired) electrons. The first-order valence-electron chi connectivity index (χ1n) is 10.4. The largest absolute Gasteiger partial charge is 0.490 e. The average Bonchev–Trinajstić information content (AvgIpc) is 3.27. The van der Waals surface area contributed by atoms with Gasteiger partial charge in [-0.15, -0.1) is 0 Å². The molecule has 1 aliphatic rings. The summed E-state index contributed by atoms with van der Waals surface area (Å²) in [4.78, 5) is 12.8. The Labute approximate surface area is 193 Å². The maximum atomic E-state index is 13.0. The number of carbonyl (C=O) groups is 1. The third-order valence-electron chi connectivity index (χ3n) is 4.88. The fourth-order valence-electron chi connectivity index (χ4n) is 3.42. The van der Waals surface area contributed by atoms with E-state index in [9.17, 15) is 13.2 Å². The Hall–Kier alpha value is -2.62. The predicted molar refractivity (Wildman–Crippen MR) is 123 cm³/mol. The molecule has 1 fully saturated rings. The number of nitrogens with zero attached hydrogens (tertiary/aromatic N) is 2. The van der Waals surface area contributed by atoms with E-state index in [2.05, 4.69) is 10.5 Å². The van der Waals surface area contributed by atoms with Crippen LogP contribution in [0.3, 0.4) is 0 Å². The van der Waals surface area contributed by atoms with Crippen molar-refractivity contribution in [2.45, 2.75) is 37.6 Å². The highest BCUT2D eigenvalue weighted by atomic mass is 35.5. The minimum absolute atomic E-state index is 0.0999. The molecule has 2 aromatic rings. The quantitative estimate of drug-likeness (QED) is 0.439. The zero-order valence-electron chi connectivity index (χ0n) is 18.0. The van der Waals surface area contributed by atoms with Crippen molar-refractivity contribution in [2.75, 3.05) is 19.8 Å². The van der Waals surface area contributed by atoms with Crippen LogP contribution in [-0.2, 0) is 14.8 Å². The Balaban J connectivity index is 1.69. The molecular formula is C22H26ClN3O5S. The summed E-state index contributed by atoms with van der Waals surface area (Å²) in [7, 11) is -3.82. The molecule has 3 rings (SSSR count). The lowest BCUT2D eigenvalue weighted by atomic mass is 10.2. The lowest BCUT2D eigenvalue weighted by molar-refractivity contribution is -0.124. The molecule has 32 heavy (non-hydrogen) atoms. The Bertz CT molecular complexity index is 1070. The highest BCUT2D eigenvalue weighted by Gasteiger charge is 2.39. The summed E-state index contributed by atoms with van der Waals surface area (Å²) in [5, 5.41) is 4.44. The summed E-state index contributed by atoms with van der Waals surface area (Å²) in [6.45, 7) is 5.03. The summed E-state index contributed by atoms with van der Waals surface area (Å²) in [5.41, 5.74) is 3.16. The fourth-order valence-corrected chi connectivity index (χ4v) is 5.21. The number of hydrazone groups is 1. The van der Waals surface area contributed by atoms with Crippen molar-refractivity contribution in [3.05, 3.63) is 53.1 Å². The fraction of sp³-hybridized carbons (Fsp3) is 0.364. The number of rotatable bonds is 9. The summed E-state index contributed by atoms with van der Waals surface area (Å²) in [6, 6.07) is 10.4. The van der Waals surface area contributed by atoms with Gasteiger partial charge >= 0.3 is 0 Å². The Morgan fingerprint density at radius 3 is 2.53 bits per heavy atom. The van der Waals surface area contributed by atoms with Gasteiger partial charge in [-0.3, -0.25) is 4.79 Å². The van der Waals surface area contributed by atoms with Crippen molar-refractivity contribution in [3.63, 3.8) is 0 Å². The maximum absolute atomic E-state index is 13.0. The smallest absolute Gasteiger partial charge is 0.258 e. The van der Waals surface area contributed by atoms with Crippen LogP contribution in [0.15, 0.2) is 52.5 Å². The van der Waals surface area contributed by atoms with Crippen LogP contribution in [0.5, 0.6) is 11.5 Å². The third-order valence-corrected chi connectivity index (χ3v) is 7.06. The number of nitrogens with one attached hydrogen (secondary N) is 1. The van der Waals surface area contributed by atoms with E-state index in [0.717, 1.165) is 0 Å². The lowest BCUT2D eigenvalue weighted by Crippen LogP contribution is -2.44. The molecule has 1 aliphatic heterocycles. The number of benzene rings is 2. The van der Waals surface area contributed by atoms with Gasteiger partial charge in [0, 0.05) is 11.6 Å². The summed E-state index contributed by atoms with van der Waals surface area (Å²) in [6.07, 6.45) is 2.49. The summed E-state index contributed by atoms with van der Waals surface area (Å²) >= 11 is 5.86. The number of ether oxygens (including phenoxy) is 2. The number of hydrogen-bond acceptors (Lipinski definition) is 6. The van der Waals surface area contributed by atoms with E-state index in [0.29, 0.717) is 48.1 Å². The molecule has 0 saturated carbocycles. The van der Waals surface area contributed by atoms with Gasteiger partial charge in [0.2, 0.25) is 10.0 Å². The summed E-state index contributed by atoms with van der Waals surface area (Å²) in [5.74, 6) is 0.734. The van der Waals surface area contributed by atoms with E-state index in [-0.39, 0.29) is 11.4 Å². The van der Waals surface area contributed by atoms with Crippen molar-refractivity contribution in [2.24, 2.45) is 5.10 Å². The number of carbonyl (C=O) groups excluding carboxylic acids is 1. The molecule has 1 heterocycles. The standard InChI is InChI=1S/C22H26ClN3O5S/c1-3-30-20-12-7-16(14-21(20)31-4-2)15-24-25-22(27)19-6-5-13-26(19)32(28,29)18-10-8-17(23)9-11-18/h7-12,14-15,19H,3-6,13H2,1-2H3,(H,25,27)/b24-15-/t19-/m1/s1. The molecular weight excluding hydrogens is 454 g/mol. The zero-order valence-corrected chi connectivity index (χ0v) is 19.5. The minimum Gasteiger partial charge on any atom is -0.490 e. The van der Waals surface area contributed by atoms with Gasteiger partial charge in [-0.1, -0.05) is 11.6 Å². The lowest BCUT2D eigenvalue weighted by Gasteiger charge is -2.22. The number of hydrogen-bond donors (Lipinski definition) is 1. The average molecular weight is 480 g/mol. The number of sulfonamides is 1. The van der Waals surface area contributed by atoms with Gasteiger partial charge in [0.25, 0.3) is 5.91 Å². The Morgan fingerprint density at radius 2 is 1.84 bits per heavy atom. The van der Waals surface area contributed by atoms with Crippen LogP contribution >= 0.6 is 11.6 Å². The van der Waals surface area contributed by atoms with Crippen LogP contribution in [0.25, 0.3) is 0 Å². The highest BCUT2D eigenvalue weighted by molar-refractivity contribution is 7.89. The topological polar surface area (TPSA) is 97.3 Å². The van der Waals surface area contributed by atoms with Crippen LogP contribution in [-0.4, -0.2) is 50.6 Å². The minimum atomic E-state index is -3.82. The van der Waals surface area contributed by atoms with Crippen molar-refractivity contribution < 1.29 is 22.7 Å². The monoisotopic (exact) mass is 479 g/mol.